The second-order valence-corrected chi connectivity index (χ2v) is 5.41. The van der Waals surface area contributed by atoms with E-state index in [1.54, 1.807) is 0 Å². The highest BCUT2D eigenvalue weighted by molar-refractivity contribution is 4.89. The van der Waals surface area contributed by atoms with Gasteiger partial charge in [0.15, 0.2) is 0 Å². The Labute approximate surface area is 94.4 Å². The third kappa shape index (κ3) is 2.73. The molecule has 2 rings (SSSR count). The second-order valence-electron chi connectivity index (χ2n) is 5.41. The molecule has 15 heavy (non-hydrogen) atoms. The van der Waals surface area contributed by atoms with Crippen molar-refractivity contribution < 1.29 is 0 Å². The SMILES string of the molecule is CNC(C)CCN1CCCC2CCCC21. The molecule has 3 atom stereocenters. The summed E-state index contributed by atoms with van der Waals surface area (Å²) in [6, 6.07) is 1.62. The van der Waals surface area contributed by atoms with E-state index in [0.29, 0.717) is 6.04 Å². The number of rotatable bonds is 4. The predicted molar refractivity (Wildman–Crippen MR) is 65.1 cm³/mol. The van der Waals surface area contributed by atoms with Crippen LogP contribution < -0.4 is 5.32 Å². The highest BCUT2D eigenvalue weighted by atomic mass is 15.2. The highest BCUT2D eigenvalue weighted by Crippen LogP contribution is 2.36. The molecule has 2 nitrogen and oxygen atoms in total. The van der Waals surface area contributed by atoms with Crippen LogP contribution >= 0.6 is 0 Å². The molecule has 88 valence electrons. The lowest BCUT2D eigenvalue weighted by atomic mass is 9.92. The number of fused-ring (bicyclic) bond motifs is 1. The van der Waals surface area contributed by atoms with Crippen molar-refractivity contribution in [2.45, 2.75) is 57.5 Å². The minimum atomic E-state index is 0.673. The fourth-order valence-corrected chi connectivity index (χ4v) is 3.34. The number of nitrogens with zero attached hydrogens (tertiary/aromatic N) is 1. The second kappa shape index (κ2) is 5.31. The van der Waals surface area contributed by atoms with Gasteiger partial charge in [0, 0.05) is 12.1 Å². The van der Waals surface area contributed by atoms with Crippen molar-refractivity contribution in [2.75, 3.05) is 20.1 Å². The molecule has 1 saturated heterocycles. The summed E-state index contributed by atoms with van der Waals surface area (Å²) in [4.78, 5) is 2.77. The summed E-state index contributed by atoms with van der Waals surface area (Å²) < 4.78 is 0. The normalized spacial score (nSPS) is 34.0. The standard InChI is InChI=1S/C13H26N2/c1-11(14-2)8-10-15-9-4-6-12-5-3-7-13(12)15/h11-14H,3-10H2,1-2H3. The molecule has 0 aromatic heterocycles. The molecular formula is C13H26N2. The van der Waals surface area contributed by atoms with E-state index in [2.05, 4.69) is 24.2 Å². The Bertz CT molecular complexity index is 193. The molecule has 1 heterocycles. The Hall–Kier alpha value is -0.0800. The van der Waals surface area contributed by atoms with E-state index < -0.39 is 0 Å². The van der Waals surface area contributed by atoms with Crippen LogP contribution in [0.3, 0.4) is 0 Å². The van der Waals surface area contributed by atoms with Gasteiger partial charge in [0.2, 0.25) is 0 Å². The molecule has 2 fully saturated rings. The maximum absolute atomic E-state index is 3.34. The first-order chi connectivity index (χ1) is 7.31. The molecular weight excluding hydrogens is 184 g/mol. The van der Waals surface area contributed by atoms with Crippen molar-refractivity contribution in [3.8, 4) is 0 Å². The topological polar surface area (TPSA) is 15.3 Å². The van der Waals surface area contributed by atoms with E-state index in [1.165, 1.54) is 51.6 Å². The van der Waals surface area contributed by atoms with Gasteiger partial charge in [-0.3, -0.25) is 0 Å². The summed E-state index contributed by atoms with van der Waals surface area (Å²) in [5, 5.41) is 3.34. The van der Waals surface area contributed by atoms with Gasteiger partial charge in [0.25, 0.3) is 0 Å². The largest absolute Gasteiger partial charge is 0.317 e. The van der Waals surface area contributed by atoms with Gasteiger partial charge in [0.05, 0.1) is 0 Å². The predicted octanol–water partition coefficient (Wildman–Crippen LogP) is 2.25. The summed E-state index contributed by atoms with van der Waals surface area (Å²) in [6.45, 7) is 4.96. The maximum atomic E-state index is 3.34. The molecule has 2 aliphatic rings. The summed E-state index contributed by atoms with van der Waals surface area (Å²) in [7, 11) is 2.07. The summed E-state index contributed by atoms with van der Waals surface area (Å²) in [6.07, 6.45) is 8.70. The highest BCUT2D eigenvalue weighted by Gasteiger charge is 2.34. The monoisotopic (exact) mass is 210 g/mol. The first kappa shape index (κ1) is 11.4. The van der Waals surface area contributed by atoms with E-state index in [9.17, 15) is 0 Å². The average molecular weight is 210 g/mol. The van der Waals surface area contributed by atoms with Crippen molar-refractivity contribution in [1.82, 2.24) is 10.2 Å². The van der Waals surface area contributed by atoms with Gasteiger partial charge in [0.1, 0.15) is 0 Å². The number of likely N-dealkylation sites (tertiary alicyclic amines) is 1. The van der Waals surface area contributed by atoms with Crippen LogP contribution in [0.1, 0.15) is 45.4 Å². The smallest absolute Gasteiger partial charge is 0.0123 e. The van der Waals surface area contributed by atoms with Crippen LogP contribution in [0, 0.1) is 5.92 Å². The van der Waals surface area contributed by atoms with Gasteiger partial charge in [-0.15, -0.1) is 0 Å². The molecule has 0 radical (unpaired) electrons. The van der Waals surface area contributed by atoms with Crippen LogP contribution in [-0.2, 0) is 0 Å². The molecule has 0 bridgehead atoms. The number of hydrogen-bond acceptors (Lipinski definition) is 2. The first-order valence-corrected chi connectivity index (χ1v) is 6.72. The summed E-state index contributed by atoms with van der Waals surface area (Å²) in [5.74, 6) is 1.05. The third-order valence-corrected chi connectivity index (χ3v) is 4.45. The van der Waals surface area contributed by atoms with Crippen LogP contribution in [-0.4, -0.2) is 37.1 Å². The molecule has 3 unspecified atom stereocenters. The Morgan fingerprint density at radius 1 is 1.27 bits per heavy atom. The number of nitrogens with one attached hydrogen (secondary N) is 1. The minimum Gasteiger partial charge on any atom is -0.317 e. The Morgan fingerprint density at radius 2 is 2.07 bits per heavy atom. The van der Waals surface area contributed by atoms with Crippen molar-refractivity contribution in [2.24, 2.45) is 5.92 Å². The molecule has 0 spiro atoms. The quantitative estimate of drug-likeness (QED) is 0.765. The number of hydrogen-bond donors (Lipinski definition) is 1. The molecule has 1 aliphatic carbocycles. The zero-order chi connectivity index (χ0) is 10.7. The molecule has 0 aromatic carbocycles. The lowest BCUT2D eigenvalue weighted by molar-refractivity contribution is 0.109. The number of piperidine rings is 1. The van der Waals surface area contributed by atoms with Gasteiger partial charge < -0.3 is 10.2 Å². The Kier molecular flexibility index (Phi) is 4.04. The zero-order valence-corrected chi connectivity index (χ0v) is 10.3. The Balaban J connectivity index is 1.80. The van der Waals surface area contributed by atoms with Crippen LogP contribution in [0.5, 0.6) is 0 Å². The first-order valence-electron chi connectivity index (χ1n) is 6.72. The molecule has 1 saturated carbocycles. The molecule has 0 aromatic rings. The van der Waals surface area contributed by atoms with Crippen molar-refractivity contribution in [1.29, 1.82) is 0 Å². The van der Waals surface area contributed by atoms with Gasteiger partial charge >= 0.3 is 0 Å². The van der Waals surface area contributed by atoms with E-state index in [0.717, 1.165) is 12.0 Å². The molecule has 0 amide bonds. The van der Waals surface area contributed by atoms with Crippen molar-refractivity contribution >= 4 is 0 Å². The van der Waals surface area contributed by atoms with Crippen molar-refractivity contribution in [3.05, 3.63) is 0 Å². The summed E-state index contributed by atoms with van der Waals surface area (Å²) in [5.41, 5.74) is 0. The third-order valence-electron chi connectivity index (χ3n) is 4.45. The minimum absolute atomic E-state index is 0.673. The van der Waals surface area contributed by atoms with Crippen LogP contribution in [0.4, 0.5) is 0 Å². The van der Waals surface area contributed by atoms with Crippen LogP contribution in [0.15, 0.2) is 0 Å². The lowest BCUT2D eigenvalue weighted by Crippen LogP contribution is -2.44. The molecule has 2 heteroatoms. The Morgan fingerprint density at radius 3 is 2.87 bits per heavy atom. The van der Waals surface area contributed by atoms with E-state index in [-0.39, 0.29) is 0 Å². The molecule has 1 N–H and O–H groups in total. The van der Waals surface area contributed by atoms with Crippen LogP contribution in [0.2, 0.25) is 0 Å². The van der Waals surface area contributed by atoms with Gasteiger partial charge in [-0.2, -0.15) is 0 Å². The van der Waals surface area contributed by atoms with Crippen molar-refractivity contribution in [3.63, 3.8) is 0 Å². The average Bonchev–Trinajstić information content (AvgIpc) is 2.74. The fourth-order valence-electron chi connectivity index (χ4n) is 3.34. The fraction of sp³-hybridized carbons (Fsp3) is 1.00. The van der Waals surface area contributed by atoms with E-state index >= 15 is 0 Å². The van der Waals surface area contributed by atoms with Gasteiger partial charge in [-0.1, -0.05) is 6.42 Å². The van der Waals surface area contributed by atoms with E-state index in [1.807, 2.05) is 0 Å². The maximum Gasteiger partial charge on any atom is 0.0123 e. The van der Waals surface area contributed by atoms with Gasteiger partial charge in [-0.05, 0) is 65.1 Å². The summed E-state index contributed by atoms with van der Waals surface area (Å²) >= 11 is 0. The van der Waals surface area contributed by atoms with E-state index in [4.69, 9.17) is 0 Å². The lowest BCUT2D eigenvalue weighted by Gasteiger charge is -2.38. The molecule has 1 aliphatic heterocycles. The van der Waals surface area contributed by atoms with Gasteiger partial charge in [-0.25, -0.2) is 0 Å². The van der Waals surface area contributed by atoms with Crippen LogP contribution in [0.25, 0.3) is 0 Å². The zero-order valence-electron chi connectivity index (χ0n) is 10.3.